The number of alkyl halides is 3. The number of methoxy groups -OCH3 is 1. The Morgan fingerprint density at radius 1 is 1.00 bits per heavy atom. The quantitative estimate of drug-likeness (QED) is 0.369. The third-order valence-corrected chi connectivity index (χ3v) is 6.81. The molecule has 0 saturated carbocycles. The predicted molar refractivity (Wildman–Crippen MR) is 135 cm³/mol. The lowest BCUT2D eigenvalue weighted by molar-refractivity contribution is -0.137. The molecule has 1 saturated heterocycles. The van der Waals surface area contributed by atoms with Crippen molar-refractivity contribution in [3.63, 3.8) is 0 Å². The number of ether oxygens (including phenoxy) is 1. The lowest BCUT2D eigenvalue weighted by Gasteiger charge is -2.32. The standard InChI is InChI=1S/C28H25F3N4O3/c1-38-25-14-21(12-22(15-25)28(29,30)31)27(37)34-9-6-19(7-10-34)18-2-4-23(5-3-18)33-26(36)20-8-11-35-17-32-16-24(35)13-20/h2-5,8,11-17,19H,6-7,9-10H2,1H3,(H,33,36). The second-order valence-electron chi connectivity index (χ2n) is 9.23. The van der Waals surface area contributed by atoms with Gasteiger partial charge in [0.25, 0.3) is 11.8 Å². The third-order valence-electron chi connectivity index (χ3n) is 6.81. The highest BCUT2D eigenvalue weighted by atomic mass is 19.4. The molecule has 1 N–H and O–H groups in total. The van der Waals surface area contributed by atoms with Crippen LogP contribution in [-0.4, -0.2) is 46.3 Å². The van der Waals surface area contributed by atoms with E-state index in [-0.39, 0.29) is 23.1 Å². The number of fused-ring (bicyclic) bond motifs is 1. The van der Waals surface area contributed by atoms with E-state index < -0.39 is 17.6 Å². The first-order valence-corrected chi connectivity index (χ1v) is 12.1. The second kappa shape index (κ2) is 10.2. The van der Waals surface area contributed by atoms with Crippen LogP contribution in [0, 0.1) is 0 Å². The highest BCUT2D eigenvalue weighted by Crippen LogP contribution is 2.34. The number of carbonyl (C=O) groups is 2. The summed E-state index contributed by atoms with van der Waals surface area (Å²) in [7, 11) is 1.27. The largest absolute Gasteiger partial charge is 0.497 e. The van der Waals surface area contributed by atoms with Gasteiger partial charge >= 0.3 is 6.18 Å². The van der Waals surface area contributed by atoms with E-state index in [0.29, 0.717) is 37.2 Å². The number of amides is 2. The predicted octanol–water partition coefficient (Wildman–Crippen LogP) is 5.63. The average Bonchev–Trinajstić information content (AvgIpc) is 3.40. The van der Waals surface area contributed by atoms with Gasteiger partial charge in [0.2, 0.25) is 0 Å². The molecule has 5 rings (SSSR count). The zero-order valence-corrected chi connectivity index (χ0v) is 20.5. The van der Waals surface area contributed by atoms with Crippen molar-refractivity contribution in [3.05, 3.63) is 95.6 Å². The van der Waals surface area contributed by atoms with E-state index in [2.05, 4.69) is 10.3 Å². The van der Waals surface area contributed by atoms with Gasteiger partial charge in [0.15, 0.2) is 0 Å². The fourth-order valence-electron chi connectivity index (χ4n) is 4.70. The molecule has 1 aliphatic heterocycles. The molecule has 0 aliphatic carbocycles. The number of nitrogens with one attached hydrogen (secondary N) is 1. The SMILES string of the molecule is COc1cc(C(=O)N2CCC(c3ccc(NC(=O)c4ccn5cncc5c4)cc3)CC2)cc(C(F)(F)F)c1. The van der Waals surface area contributed by atoms with Gasteiger partial charge in [-0.1, -0.05) is 12.1 Å². The molecule has 1 fully saturated rings. The Bertz CT molecular complexity index is 1470. The molecule has 0 spiro atoms. The number of benzene rings is 2. The number of halogens is 3. The Kier molecular flexibility index (Phi) is 6.79. The number of piperidine rings is 1. The molecule has 0 radical (unpaired) electrons. The van der Waals surface area contributed by atoms with E-state index in [1.165, 1.54) is 13.2 Å². The minimum atomic E-state index is -4.57. The molecule has 2 amide bonds. The van der Waals surface area contributed by atoms with Gasteiger partial charge in [-0.3, -0.25) is 9.59 Å². The first kappa shape index (κ1) is 25.3. The van der Waals surface area contributed by atoms with Crippen molar-refractivity contribution in [1.29, 1.82) is 0 Å². The molecule has 196 valence electrons. The van der Waals surface area contributed by atoms with E-state index in [1.807, 2.05) is 28.7 Å². The van der Waals surface area contributed by atoms with Gasteiger partial charge < -0.3 is 19.4 Å². The molecule has 7 nitrogen and oxygen atoms in total. The van der Waals surface area contributed by atoms with Crippen molar-refractivity contribution in [2.75, 3.05) is 25.5 Å². The van der Waals surface area contributed by atoms with Gasteiger partial charge in [0.05, 0.1) is 30.7 Å². The van der Waals surface area contributed by atoms with Crippen LogP contribution in [0.15, 0.2) is 73.3 Å². The van der Waals surface area contributed by atoms with Gasteiger partial charge in [-0.25, -0.2) is 4.98 Å². The number of hydrogen-bond donors (Lipinski definition) is 1. The van der Waals surface area contributed by atoms with Crippen molar-refractivity contribution in [3.8, 4) is 5.75 Å². The van der Waals surface area contributed by atoms with Gasteiger partial charge in [-0.05, 0) is 66.8 Å². The number of hydrogen-bond acceptors (Lipinski definition) is 4. The van der Waals surface area contributed by atoms with E-state index in [0.717, 1.165) is 23.2 Å². The van der Waals surface area contributed by atoms with Crippen LogP contribution < -0.4 is 10.1 Å². The first-order chi connectivity index (χ1) is 18.2. The molecular formula is C28H25F3N4O3. The molecule has 38 heavy (non-hydrogen) atoms. The highest BCUT2D eigenvalue weighted by molar-refractivity contribution is 6.04. The maximum atomic E-state index is 13.3. The summed E-state index contributed by atoms with van der Waals surface area (Å²) in [6.45, 7) is 0.856. The molecule has 10 heteroatoms. The Morgan fingerprint density at radius 3 is 2.42 bits per heavy atom. The van der Waals surface area contributed by atoms with E-state index in [4.69, 9.17) is 4.74 Å². The first-order valence-electron chi connectivity index (χ1n) is 12.1. The Morgan fingerprint density at radius 2 is 1.74 bits per heavy atom. The van der Waals surface area contributed by atoms with E-state index >= 15 is 0 Å². The number of nitrogens with zero attached hydrogens (tertiary/aromatic N) is 3. The summed E-state index contributed by atoms with van der Waals surface area (Å²) in [5.74, 6) is -0.476. The zero-order chi connectivity index (χ0) is 26.9. The molecular weight excluding hydrogens is 497 g/mol. The number of likely N-dealkylation sites (tertiary alicyclic amines) is 1. The van der Waals surface area contributed by atoms with Crippen LogP contribution in [0.3, 0.4) is 0 Å². The van der Waals surface area contributed by atoms with Crippen LogP contribution in [0.1, 0.15) is 50.6 Å². The highest BCUT2D eigenvalue weighted by Gasteiger charge is 2.33. The lowest BCUT2D eigenvalue weighted by atomic mass is 9.89. The van der Waals surface area contributed by atoms with Gasteiger partial charge in [0, 0.05) is 36.1 Å². The minimum absolute atomic E-state index is 0.00680. The van der Waals surface area contributed by atoms with Crippen molar-refractivity contribution >= 4 is 23.0 Å². The molecule has 2 aromatic carbocycles. The molecule has 1 aliphatic rings. The fourth-order valence-corrected chi connectivity index (χ4v) is 4.70. The molecule has 0 unspecified atom stereocenters. The monoisotopic (exact) mass is 522 g/mol. The third kappa shape index (κ3) is 5.34. The van der Waals surface area contributed by atoms with Gasteiger partial charge in [0.1, 0.15) is 5.75 Å². The normalized spacial score (nSPS) is 14.5. The number of anilines is 1. The van der Waals surface area contributed by atoms with Gasteiger partial charge in [-0.15, -0.1) is 0 Å². The van der Waals surface area contributed by atoms with Crippen LogP contribution in [0.4, 0.5) is 18.9 Å². The van der Waals surface area contributed by atoms with Crippen molar-refractivity contribution in [2.24, 2.45) is 0 Å². The Hall–Kier alpha value is -4.34. The number of pyridine rings is 1. The van der Waals surface area contributed by atoms with Crippen LogP contribution in [-0.2, 0) is 6.18 Å². The molecule has 2 aromatic heterocycles. The second-order valence-corrected chi connectivity index (χ2v) is 9.23. The summed E-state index contributed by atoms with van der Waals surface area (Å²) in [5, 5.41) is 2.90. The van der Waals surface area contributed by atoms with Crippen LogP contribution in [0.25, 0.3) is 5.52 Å². The maximum absolute atomic E-state index is 13.3. The number of rotatable bonds is 5. The summed E-state index contributed by atoms with van der Waals surface area (Å²) in [5.41, 5.74) is 2.14. The van der Waals surface area contributed by atoms with Crippen molar-refractivity contribution < 1.29 is 27.5 Å². The Labute approximate surface area is 216 Å². The molecule has 0 bridgehead atoms. The van der Waals surface area contributed by atoms with Crippen LogP contribution in [0.5, 0.6) is 5.75 Å². The van der Waals surface area contributed by atoms with E-state index in [9.17, 15) is 22.8 Å². The van der Waals surface area contributed by atoms with Crippen LogP contribution in [0.2, 0.25) is 0 Å². The van der Waals surface area contributed by atoms with Crippen molar-refractivity contribution in [2.45, 2.75) is 24.9 Å². The molecule has 4 aromatic rings. The topological polar surface area (TPSA) is 75.9 Å². The average molecular weight is 523 g/mol. The lowest BCUT2D eigenvalue weighted by Crippen LogP contribution is -2.38. The van der Waals surface area contributed by atoms with Gasteiger partial charge in [-0.2, -0.15) is 13.2 Å². The zero-order valence-electron chi connectivity index (χ0n) is 20.5. The maximum Gasteiger partial charge on any atom is 0.416 e. The smallest absolute Gasteiger partial charge is 0.416 e. The van der Waals surface area contributed by atoms with E-state index in [1.54, 1.807) is 35.8 Å². The number of aromatic nitrogens is 2. The number of imidazole rings is 1. The Balaban J connectivity index is 1.20. The minimum Gasteiger partial charge on any atom is -0.497 e. The number of carbonyl (C=O) groups excluding carboxylic acids is 2. The summed E-state index contributed by atoms with van der Waals surface area (Å²) in [4.78, 5) is 31.3. The van der Waals surface area contributed by atoms with Crippen molar-refractivity contribution in [1.82, 2.24) is 14.3 Å². The van der Waals surface area contributed by atoms with Crippen LogP contribution >= 0.6 is 0 Å². The summed E-state index contributed by atoms with van der Waals surface area (Å²) in [6, 6.07) is 14.2. The summed E-state index contributed by atoms with van der Waals surface area (Å²) in [6.07, 6.45) is 1.91. The molecule has 0 atom stereocenters. The molecule has 3 heterocycles. The summed E-state index contributed by atoms with van der Waals surface area (Å²) < 4.78 is 46.5. The summed E-state index contributed by atoms with van der Waals surface area (Å²) >= 11 is 0. The fraction of sp³-hybridized carbons (Fsp3) is 0.250.